The summed E-state index contributed by atoms with van der Waals surface area (Å²) in [4.78, 5) is 14.5. The lowest BCUT2D eigenvalue weighted by Crippen LogP contribution is -2.39. The first-order valence-corrected chi connectivity index (χ1v) is 10.8. The van der Waals surface area contributed by atoms with Gasteiger partial charge in [-0.25, -0.2) is 8.42 Å². The highest BCUT2D eigenvalue weighted by Crippen LogP contribution is 2.32. The molecule has 2 saturated heterocycles. The number of hydrogen-bond acceptors (Lipinski definition) is 6. The summed E-state index contributed by atoms with van der Waals surface area (Å²) in [5.41, 5.74) is 0. The number of carbonyl (C=O) groups is 1. The lowest BCUT2D eigenvalue weighted by molar-refractivity contribution is -0.131. The average Bonchev–Trinajstić information content (AvgIpc) is 2.98. The van der Waals surface area contributed by atoms with Gasteiger partial charge >= 0.3 is 0 Å². The Morgan fingerprint density at radius 3 is 2.67 bits per heavy atom. The van der Waals surface area contributed by atoms with Gasteiger partial charge in [-0.05, 0) is 31.4 Å². The Balaban J connectivity index is 0.00000210. The maximum absolute atomic E-state index is 12.6. The normalized spacial score (nSPS) is 24.1. The molecule has 2 bridgehead atoms. The number of rotatable bonds is 4. The van der Waals surface area contributed by atoms with Gasteiger partial charge in [0.2, 0.25) is 5.91 Å². The van der Waals surface area contributed by atoms with E-state index in [1.165, 1.54) is 18.6 Å². The lowest BCUT2D eigenvalue weighted by atomic mass is 10.1. The van der Waals surface area contributed by atoms with Crippen LogP contribution in [0.15, 0.2) is 23.1 Å². The van der Waals surface area contributed by atoms with Crippen LogP contribution in [0.4, 0.5) is 0 Å². The van der Waals surface area contributed by atoms with Crippen LogP contribution in [0, 0.1) is 0 Å². The largest absolute Gasteiger partial charge is 0.486 e. The fraction of sp³-hybridized carbons (Fsp3) is 0.611. The maximum Gasteiger partial charge on any atom is 0.223 e. The smallest absolute Gasteiger partial charge is 0.223 e. The summed E-state index contributed by atoms with van der Waals surface area (Å²) in [5.74, 6) is 0.723. The minimum Gasteiger partial charge on any atom is -0.486 e. The van der Waals surface area contributed by atoms with Gasteiger partial charge in [-0.3, -0.25) is 4.79 Å². The third-order valence-electron chi connectivity index (χ3n) is 5.33. The second-order valence-corrected chi connectivity index (χ2v) is 9.25. The van der Waals surface area contributed by atoms with E-state index in [9.17, 15) is 13.2 Å². The van der Waals surface area contributed by atoms with E-state index in [1.807, 2.05) is 4.90 Å². The maximum atomic E-state index is 12.6. The van der Waals surface area contributed by atoms with Gasteiger partial charge in [-0.2, -0.15) is 0 Å². The number of benzene rings is 1. The van der Waals surface area contributed by atoms with Crippen LogP contribution in [0.1, 0.15) is 25.7 Å². The van der Waals surface area contributed by atoms with Crippen LogP contribution in [-0.2, 0) is 14.6 Å². The molecule has 0 saturated carbocycles. The second-order valence-electron chi connectivity index (χ2n) is 7.14. The van der Waals surface area contributed by atoms with Crippen molar-refractivity contribution in [3.63, 3.8) is 0 Å². The predicted molar refractivity (Wildman–Crippen MR) is 102 cm³/mol. The molecule has 27 heavy (non-hydrogen) atoms. The van der Waals surface area contributed by atoms with Crippen molar-refractivity contribution >= 4 is 28.2 Å². The Kier molecular flexibility index (Phi) is 6.18. The third-order valence-corrected chi connectivity index (χ3v) is 7.05. The van der Waals surface area contributed by atoms with E-state index in [0.29, 0.717) is 49.9 Å². The highest BCUT2D eigenvalue weighted by molar-refractivity contribution is 7.91. The van der Waals surface area contributed by atoms with E-state index in [0.717, 1.165) is 12.8 Å². The minimum absolute atomic E-state index is 0. The van der Waals surface area contributed by atoms with E-state index >= 15 is 0 Å². The second kappa shape index (κ2) is 8.24. The summed E-state index contributed by atoms with van der Waals surface area (Å²) in [6, 6.07) is 5.46. The van der Waals surface area contributed by atoms with Gasteiger partial charge in [0.1, 0.15) is 13.2 Å². The van der Waals surface area contributed by atoms with Gasteiger partial charge in [-0.1, -0.05) is 0 Å². The number of amides is 1. The number of fused-ring (bicyclic) bond motifs is 3. The number of ether oxygens (including phenoxy) is 2. The molecule has 1 N–H and O–H groups in total. The molecular formula is C18H25ClN2O5S. The standard InChI is InChI=1S/C18H24N2O5S.ClH/c21-18(20-7-5-13-1-2-14(12-20)19-13)6-10-26(22,23)15-3-4-16-17(11-15)25-9-8-24-16;/h3-4,11,13-14,19H,1-2,5-10,12H2;1H. The van der Waals surface area contributed by atoms with Crippen molar-refractivity contribution in [1.82, 2.24) is 10.2 Å². The zero-order chi connectivity index (χ0) is 18.1. The molecule has 2 unspecified atom stereocenters. The average molecular weight is 417 g/mol. The number of halogens is 1. The molecule has 0 radical (unpaired) electrons. The van der Waals surface area contributed by atoms with E-state index in [-0.39, 0.29) is 35.4 Å². The summed E-state index contributed by atoms with van der Waals surface area (Å²) in [5, 5.41) is 3.53. The van der Waals surface area contributed by atoms with Gasteiger partial charge < -0.3 is 19.7 Å². The highest BCUT2D eigenvalue weighted by atomic mass is 35.5. The van der Waals surface area contributed by atoms with Gasteiger partial charge in [0.05, 0.1) is 10.6 Å². The van der Waals surface area contributed by atoms with Gasteiger partial charge in [-0.15, -0.1) is 12.4 Å². The quantitative estimate of drug-likeness (QED) is 0.798. The Morgan fingerprint density at radius 1 is 1.11 bits per heavy atom. The van der Waals surface area contributed by atoms with Crippen molar-refractivity contribution in [2.24, 2.45) is 0 Å². The van der Waals surface area contributed by atoms with E-state index in [4.69, 9.17) is 9.47 Å². The Bertz CT molecular complexity index is 801. The molecule has 7 nitrogen and oxygen atoms in total. The molecule has 1 amide bonds. The van der Waals surface area contributed by atoms with Crippen molar-refractivity contribution in [2.45, 2.75) is 42.7 Å². The van der Waals surface area contributed by atoms with Gasteiger partial charge in [0.15, 0.2) is 21.3 Å². The summed E-state index contributed by atoms with van der Waals surface area (Å²) in [6.07, 6.45) is 3.21. The minimum atomic E-state index is -3.55. The number of hydrogen-bond donors (Lipinski definition) is 1. The molecule has 0 aromatic heterocycles. The fourth-order valence-corrected chi connectivity index (χ4v) is 5.13. The van der Waals surface area contributed by atoms with E-state index < -0.39 is 9.84 Å². The fourth-order valence-electron chi connectivity index (χ4n) is 3.88. The van der Waals surface area contributed by atoms with Crippen molar-refractivity contribution < 1.29 is 22.7 Å². The molecular weight excluding hydrogens is 392 g/mol. The topological polar surface area (TPSA) is 84.9 Å². The van der Waals surface area contributed by atoms with Crippen molar-refractivity contribution in [2.75, 3.05) is 32.1 Å². The predicted octanol–water partition coefficient (Wildman–Crippen LogP) is 1.40. The van der Waals surface area contributed by atoms with Crippen LogP contribution in [-0.4, -0.2) is 63.4 Å². The highest BCUT2D eigenvalue weighted by Gasteiger charge is 2.31. The number of likely N-dealkylation sites (tertiary alicyclic amines) is 1. The Hall–Kier alpha value is -1.51. The van der Waals surface area contributed by atoms with Crippen LogP contribution in [0.5, 0.6) is 11.5 Å². The van der Waals surface area contributed by atoms with Crippen molar-refractivity contribution in [1.29, 1.82) is 0 Å². The monoisotopic (exact) mass is 416 g/mol. The summed E-state index contributed by atoms with van der Waals surface area (Å²) in [7, 11) is -3.55. The number of sulfone groups is 1. The summed E-state index contributed by atoms with van der Waals surface area (Å²) < 4.78 is 36.1. The molecule has 2 atom stereocenters. The van der Waals surface area contributed by atoms with Crippen LogP contribution in [0.2, 0.25) is 0 Å². The molecule has 4 rings (SSSR count). The first kappa shape index (κ1) is 20.2. The number of nitrogens with zero attached hydrogens (tertiary/aromatic N) is 1. The van der Waals surface area contributed by atoms with Crippen molar-refractivity contribution in [3.8, 4) is 11.5 Å². The molecule has 3 aliphatic rings. The molecule has 0 spiro atoms. The number of nitrogens with one attached hydrogen (secondary N) is 1. The first-order valence-electron chi connectivity index (χ1n) is 9.17. The zero-order valence-electron chi connectivity index (χ0n) is 15.1. The summed E-state index contributed by atoms with van der Waals surface area (Å²) >= 11 is 0. The van der Waals surface area contributed by atoms with Crippen LogP contribution in [0.25, 0.3) is 0 Å². The Morgan fingerprint density at radius 2 is 1.85 bits per heavy atom. The number of carbonyl (C=O) groups excluding carboxylic acids is 1. The molecule has 2 fully saturated rings. The van der Waals surface area contributed by atoms with Crippen LogP contribution in [0.3, 0.4) is 0 Å². The van der Waals surface area contributed by atoms with Crippen LogP contribution < -0.4 is 14.8 Å². The van der Waals surface area contributed by atoms with Gasteiger partial charge in [0, 0.05) is 37.7 Å². The third kappa shape index (κ3) is 4.50. The first-order chi connectivity index (χ1) is 12.5. The van der Waals surface area contributed by atoms with Crippen LogP contribution >= 0.6 is 12.4 Å². The van der Waals surface area contributed by atoms with Crippen molar-refractivity contribution in [3.05, 3.63) is 18.2 Å². The molecule has 150 valence electrons. The van der Waals surface area contributed by atoms with Gasteiger partial charge in [0.25, 0.3) is 0 Å². The SMILES string of the molecule is Cl.O=C(CCS(=O)(=O)c1ccc2c(c1)OCCO2)N1CCC2CCC(C1)N2. The summed E-state index contributed by atoms with van der Waals surface area (Å²) in [6.45, 7) is 2.25. The molecule has 3 heterocycles. The van der Waals surface area contributed by atoms with E-state index in [1.54, 1.807) is 6.07 Å². The van der Waals surface area contributed by atoms with E-state index in [2.05, 4.69) is 5.32 Å². The molecule has 9 heteroatoms. The lowest BCUT2D eigenvalue weighted by Gasteiger charge is -2.24. The molecule has 0 aliphatic carbocycles. The molecule has 1 aromatic rings. The Labute approximate surface area is 165 Å². The molecule has 3 aliphatic heterocycles. The zero-order valence-corrected chi connectivity index (χ0v) is 16.7. The molecule has 1 aromatic carbocycles.